The SMILES string of the molecule is Cc1ccc(-c2ccc(C(F)(F)F)cc2)cc1Br. The van der Waals surface area contributed by atoms with Crippen molar-refractivity contribution in [2.45, 2.75) is 13.1 Å². The summed E-state index contributed by atoms with van der Waals surface area (Å²) < 4.78 is 38.2. The Hall–Kier alpha value is -1.29. The minimum atomic E-state index is -4.29. The summed E-state index contributed by atoms with van der Waals surface area (Å²) in [6, 6.07) is 10.9. The van der Waals surface area contributed by atoms with E-state index in [1.165, 1.54) is 12.1 Å². The van der Waals surface area contributed by atoms with Crippen LogP contribution in [0.1, 0.15) is 11.1 Å². The highest BCUT2D eigenvalue weighted by atomic mass is 79.9. The smallest absolute Gasteiger partial charge is 0.166 e. The van der Waals surface area contributed by atoms with E-state index in [0.717, 1.165) is 33.3 Å². The molecule has 0 saturated heterocycles. The lowest BCUT2D eigenvalue weighted by molar-refractivity contribution is -0.137. The van der Waals surface area contributed by atoms with Gasteiger partial charge in [0.2, 0.25) is 0 Å². The Bertz CT molecular complexity index is 556. The van der Waals surface area contributed by atoms with Crippen molar-refractivity contribution in [1.82, 2.24) is 0 Å². The second-order valence-electron chi connectivity index (χ2n) is 4.04. The molecule has 2 aromatic carbocycles. The second-order valence-corrected chi connectivity index (χ2v) is 4.89. The molecule has 94 valence electrons. The van der Waals surface area contributed by atoms with E-state index >= 15 is 0 Å². The Balaban J connectivity index is 2.37. The highest BCUT2D eigenvalue weighted by molar-refractivity contribution is 9.10. The van der Waals surface area contributed by atoms with E-state index in [-0.39, 0.29) is 0 Å². The number of alkyl halides is 3. The van der Waals surface area contributed by atoms with Gasteiger partial charge in [-0.05, 0) is 41.8 Å². The summed E-state index contributed by atoms with van der Waals surface area (Å²) in [4.78, 5) is 0. The van der Waals surface area contributed by atoms with E-state index < -0.39 is 11.7 Å². The first kappa shape index (κ1) is 13.1. The third-order valence-electron chi connectivity index (χ3n) is 2.72. The predicted molar refractivity (Wildman–Crippen MR) is 69.3 cm³/mol. The molecule has 0 fully saturated rings. The van der Waals surface area contributed by atoms with E-state index in [9.17, 15) is 13.2 Å². The molecule has 4 heteroatoms. The third kappa shape index (κ3) is 2.75. The molecule has 18 heavy (non-hydrogen) atoms. The molecule has 0 unspecified atom stereocenters. The molecule has 0 radical (unpaired) electrons. The average Bonchev–Trinajstić information content (AvgIpc) is 2.32. The Morgan fingerprint density at radius 3 is 1.94 bits per heavy atom. The van der Waals surface area contributed by atoms with Crippen molar-refractivity contribution in [2.24, 2.45) is 0 Å². The zero-order chi connectivity index (χ0) is 13.3. The summed E-state index contributed by atoms with van der Waals surface area (Å²) in [6.45, 7) is 1.96. The van der Waals surface area contributed by atoms with Gasteiger partial charge in [0, 0.05) is 4.47 Å². The van der Waals surface area contributed by atoms with Crippen molar-refractivity contribution >= 4 is 15.9 Å². The molecule has 0 aromatic heterocycles. The van der Waals surface area contributed by atoms with Crippen LogP contribution in [0.4, 0.5) is 13.2 Å². The Morgan fingerprint density at radius 1 is 0.889 bits per heavy atom. The fourth-order valence-electron chi connectivity index (χ4n) is 1.62. The first-order chi connectivity index (χ1) is 8.38. The molecule has 0 bridgehead atoms. The van der Waals surface area contributed by atoms with E-state index in [4.69, 9.17) is 0 Å². The molecule has 0 saturated carbocycles. The van der Waals surface area contributed by atoms with Gasteiger partial charge in [-0.1, -0.05) is 40.2 Å². The summed E-state index contributed by atoms with van der Waals surface area (Å²) in [7, 11) is 0. The van der Waals surface area contributed by atoms with Gasteiger partial charge in [-0.25, -0.2) is 0 Å². The van der Waals surface area contributed by atoms with Crippen LogP contribution in [0.2, 0.25) is 0 Å². The van der Waals surface area contributed by atoms with Gasteiger partial charge in [0.1, 0.15) is 0 Å². The number of aryl methyl sites for hydroxylation is 1. The fourth-order valence-corrected chi connectivity index (χ4v) is 2.00. The average molecular weight is 315 g/mol. The van der Waals surface area contributed by atoms with Crippen molar-refractivity contribution in [3.8, 4) is 11.1 Å². The molecule has 0 heterocycles. The number of halogens is 4. The van der Waals surface area contributed by atoms with Crippen molar-refractivity contribution in [2.75, 3.05) is 0 Å². The van der Waals surface area contributed by atoms with Gasteiger partial charge in [0.25, 0.3) is 0 Å². The van der Waals surface area contributed by atoms with Gasteiger partial charge < -0.3 is 0 Å². The Morgan fingerprint density at radius 2 is 1.44 bits per heavy atom. The highest BCUT2D eigenvalue weighted by Crippen LogP contribution is 2.31. The summed E-state index contributed by atoms with van der Waals surface area (Å²) in [5, 5.41) is 0. The third-order valence-corrected chi connectivity index (χ3v) is 3.57. The molecule has 0 N–H and O–H groups in total. The lowest BCUT2D eigenvalue weighted by Gasteiger charge is -2.08. The quantitative estimate of drug-likeness (QED) is 0.657. The normalized spacial score (nSPS) is 11.6. The second kappa shape index (κ2) is 4.76. The first-order valence-corrected chi connectivity index (χ1v) is 6.11. The van der Waals surface area contributed by atoms with Gasteiger partial charge in [0.05, 0.1) is 5.56 Å². The minimum Gasteiger partial charge on any atom is -0.166 e. The molecule has 0 amide bonds. The van der Waals surface area contributed by atoms with Crippen LogP contribution in [0.15, 0.2) is 46.9 Å². The maximum Gasteiger partial charge on any atom is 0.416 e. The van der Waals surface area contributed by atoms with E-state index in [0.29, 0.717) is 0 Å². The number of rotatable bonds is 1. The Labute approximate surface area is 112 Å². The minimum absolute atomic E-state index is 0.627. The monoisotopic (exact) mass is 314 g/mol. The molecule has 0 aliphatic carbocycles. The van der Waals surface area contributed by atoms with Crippen LogP contribution in [-0.4, -0.2) is 0 Å². The van der Waals surface area contributed by atoms with Crippen LogP contribution < -0.4 is 0 Å². The van der Waals surface area contributed by atoms with Crippen LogP contribution in [0, 0.1) is 6.92 Å². The van der Waals surface area contributed by atoms with Gasteiger partial charge in [-0.15, -0.1) is 0 Å². The zero-order valence-corrected chi connectivity index (χ0v) is 11.1. The molecule has 0 aliphatic heterocycles. The molecule has 0 atom stereocenters. The molecule has 2 aromatic rings. The summed E-state index contributed by atoms with van der Waals surface area (Å²) in [5.74, 6) is 0. The number of hydrogen-bond donors (Lipinski definition) is 0. The summed E-state index contributed by atoms with van der Waals surface area (Å²) in [5.41, 5.74) is 2.12. The van der Waals surface area contributed by atoms with Gasteiger partial charge in [-0.3, -0.25) is 0 Å². The molecular weight excluding hydrogens is 305 g/mol. The Kier molecular flexibility index (Phi) is 3.48. The lowest BCUT2D eigenvalue weighted by atomic mass is 10.0. The summed E-state index contributed by atoms with van der Waals surface area (Å²) >= 11 is 3.41. The van der Waals surface area contributed by atoms with E-state index in [1.54, 1.807) is 0 Å². The van der Waals surface area contributed by atoms with Crippen LogP contribution in [0.25, 0.3) is 11.1 Å². The van der Waals surface area contributed by atoms with E-state index in [2.05, 4.69) is 15.9 Å². The largest absolute Gasteiger partial charge is 0.416 e. The lowest BCUT2D eigenvalue weighted by Crippen LogP contribution is -2.03. The van der Waals surface area contributed by atoms with Gasteiger partial charge >= 0.3 is 6.18 Å². The number of hydrogen-bond acceptors (Lipinski definition) is 0. The molecule has 0 spiro atoms. The van der Waals surface area contributed by atoms with Gasteiger partial charge in [0.15, 0.2) is 0 Å². The van der Waals surface area contributed by atoms with Crippen molar-refractivity contribution < 1.29 is 13.2 Å². The maximum atomic E-state index is 12.4. The highest BCUT2D eigenvalue weighted by Gasteiger charge is 2.29. The standard InChI is InChI=1S/C14H10BrF3/c1-9-2-3-11(8-13(9)15)10-4-6-12(7-5-10)14(16,17)18/h2-8H,1H3. The van der Waals surface area contributed by atoms with Crippen LogP contribution in [-0.2, 0) is 6.18 Å². The van der Waals surface area contributed by atoms with Crippen LogP contribution in [0.5, 0.6) is 0 Å². The molecule has 0 aliphatic rings. The topological polar surface area (TPSA) is 0 Å². The van der Waals surface area contributed by atoms with E-state index in [1.807, 2.05) is 25.1 Å². The zero-order valence-electron chi connectivity index (χ0n) is 9.55. The number of benzene rings is 2. The molecular formula is C14H10BrF3. The molecule has 2 rings (SSSR count). The van der Waals surface area contributed by atoms with Crippen molar-refractivity contribution in [1.29, 1.82) is 0 Å². The summed E-state index contributed by atoms with van der Waals surface area (Å²) in [6.07, 6.45) is -4.29. The maximum absolute atomic E-state index is 12.4. The van der Waals surface area contributed by atoms with Gasteiger partial charge in [-0.2, -0.15) is 13.2 Å². The first-order valence-electron chi connectivity index (χ1n) is 5.32. The van der Waals surface area contributed by atoms with Crippen LogP contribution in [0.3, 0.4) is 0 Å². The fraction of sp³-hybridized carbons (Fsp3) is 0.143. The predicted octanol–water partition coefficient (Wildman–Crippen LogP) is 5.44. The van der Waals surface area contributed by atoms with Crippen molar-refractivity contribution in [3.63, 3.8) is 0 Å². The van der Waals surface area contributed by atoms with Crippen LogP contribution >= 0.6 is 15.9 Å². The molecule has 0 nitrogen and oxygen atoms in total. The van der Waals surface area contributed by atoms with Crippen molar-refractivity contribution in [3.05, 3.63) is 58.1 Å².